The van der Waals surface area contributed by atoms with Crippen molar-refractivity contribution >= 4 is 0 Å². The number of allylic oxidation sites excluding steroid dienone is 6. The molecule has 0 aliphatic heterocycles. The fourth-order valence-electron chi connectivity index (χ4n) is 1.56. The van der Waals surface area contributed by atoms with Gasteiger partial charge in [0.05, 0.1) is 0 Å². The first kappa shape index (κ1) is 12.4. The van der Waals surface area contributed by atoms with Gasteiger partial charge in [-0.1, -0.05) is 36.5 Å². The summed E-state index contributed by atoms with van der Waals surface area (Å²) in [6.07, 6.45) is 10.7. The first-order chi connectivity index (χ1) is 6.61. The van der Waals surface area contributed by atoms with Gasteiger partial charge in [-0.3, -0.25) is 0 Å². The van der Waals surface area contributed by atoms with Crippen LogP contribution in [0.5, 0.6) is 0 Å². The topological polar surface area (TPSA) is 0 Å². The van der Waals surface area contributed by atoms with Crippen LogP contribution >= 0.6 is 0 Å². The zero-order valence-electron chi connectivity index (χ0n) is 8.71. The molecule has 0 heteroatoms. The molecule has 0 aliphatic carbocycles. The van der Waals surface area contributed by atoms with E-state index in [1.165, 1.54) is 0 Å². The van der Waals surface area contributed by atoms with Gasteiger partial charge in [-0.2, -0.15) is 0 Å². The summed E-state index contributed by atoms with van der Waals surface area (Å²) in [5.74, 6) is 0. The van der Waals surface area contributed by atoms with Gasteiger partial charge in [0.1, 0.15) is 0 Å². The zero-order chi connectivity index (χ0) is 11.2. The molecule has 0 aliphatic rings. The highest BCUT2D eigenvalue weighted by Gasteiger charge is 2.38. The van der Waals surface area contributed by atoms with Crippen LogP contribution in [0.15, 0.2) is 75.9 Å². The van der Waals surface area contributed by atoms with Crippen LogP contribution in [0.4, 0.5) is 0 Å². The normalized spacial score (nSPS) is 11.1. The third kappa shape index (κ3) is 1.44. The molecule has 0 fully saturated rings. The molecule has 0 aromatic rings. The van der Waals surface area contributed by atoms with E-state index in [1.807, 2.05) is 0 Å². The third-order valence-electron chi connectivity index (χ3n) is 2.78. The molecule has 0 radical (unpaired) electrons. The van der Waals surface area contributed by atoms with Gasteiger partial charge >= 0.3 is 0 Å². The summed E-state index contributed by atoms with van der Waals surface area (Å²) in [6, 6.07) is 0. The number of rotatable bonds is 7. The molecule has 0 rings (SSSR count). The molecule has 0 saturated carbocycles. The van der Waals surface area contributed by atoms with Crippen LogP contribution < -0.4 is 0 Å². The summed E-state index contributed by atoms with van der Waals surface area (Å²) < 4.78 is 0. The average Bonchev–Trinajstić information content (AvgIpc) is 2.27. The lowest BCUT2D eigenvalue weighted by molar-refractivity contribution is 0.414. The molecule has 0 unspecified atom stereocenters. The standard InChI is InChI=1S/C14H18/c1-7-13(8-2,9-3)14(10-4,11-5)12-6/h7-12H,1-6H2. The molecule has 0 atom stereocenters. The molecular weight excluding hydrogens is 168 g/mol. The van der Waals surface area contributed by atoms with Crippen LogP contribution in [0.25, 0.3) is 0 Å². The van der Waals surface area contributed by atoms with Gasteiger partial charge < -0.3 is 0 Å². The van der Waals surface area contributed by atoms with Crippen molar-refractivity contribution in [1.82, 2.24) is 0 Å². The molecule has 0 aromatic carbocycles. The van der Waals surface area contributed by atoms with E-state index in [4.69, 9.17) is 0 Å². The molecule has 0 spiro atoms. The quantitative estimate of drug-likeness (QED) is 0.526. The van der Waals surface area contributed by atoms with Gasteiger partial charge in [0, 0.05) is 10.8 Å². The van der Waals surface area contributed by atoms with Crippen molar-refractivity contribution in [2.24, 2.45) is 10.8 Å². The van der Waals surface area contributed by atoms with Gasteiger partial charge in [0.2, 0.25) is 0 Å². The van der Waals surface area contributed by atoms with E-state index in [9.17, 15) is 0 Å². The lowest BCUT2D eigenvalue weighted by Gasteiger charge is -2.39. The summed E-state index contributed by atoms with van der Waals surface area (Å²) in [4.78, 5) is 0. The minimum Gasteiger partial charge on any atom is -0.102 e. The van der Waals surface area contributed by atoms with Crippen molar-refractivity contribution in [2.45, 2.75) is 0 Å². The Kier molecular flexibility index (Phi) is 4.10. The van der Waals surface area contributed by atoms with E-state index in [-0.39, 0.29) is 0 Å². The van der Waals surface area contributed by atoms with Gasteiger partial charge in [-0.05, 0) is 0 Å². The zero-order valence-corrected chi connectivity index (χ0v) is 8.71. The van der Waals surface area contributed by atoms with Crippen molar-refractivity contribution in [3.63, 3.8) is 0 Å². The van der Waals surface area contributed by atoms with Crippen LogP contribution in [-0.2, 0) is 0 Å². The van der Waals surface area contributed by atoms with E-state index < -0.39 is 10.8 Å². The molecule has 0 nitrogen and oxygen atoms in total. The minimum absolute atomic E-state index is 0.474. The third-order valence-corrected chi connectivity index (χ3v) is 2.78. The van der Waals surface area contributed by atoms with E-state index in [2.05, 4.69) is 39.5 Å². The van der Waals surface area contributed by atoms with Crippen molar-refractivity contribution in [2.75, 3.05) is 0 Å². The fourth-order valence-corrected chi connectivity index (χ4v) is 1.56. The molecule has 0 saturated heterocycles. The Labute approximate surface area is 87.3 Å². The highest BCUT2D eigenvalue weighted by molar-refractivity contribution is 5.36. The lowest BCUT2D eigenvalue weighted by atomic mass is 9.63. The smallest absolute Gasteiger partial charge is 0.0395 e. The van der Waals surface area contributed by atoms with Gasteiger partial charge in [0.15, 0.2) is 0 Å². The lowest BCUT2D eigenvalue weighted by Crippen LogP contribution is -2.32. The van der Waals surface area contributed by atoms with Crippen LogP contribution in [-0.4, -0.2) is 0 Å². The molecular formula is C14H18. The maximum Gasteiger partial charge on any atom is 0.0395 e. The molecule has 0 aromatic heterocycles. The Hall–Kier alpha value is -1.56. The molecule has 74 valence electrons. The van der Waals surface area contributed by atoms with Crippen molar-refractivity contribution in [3.8, 4) is 0 Å². The second-order valence-electron chi connectivity index (χ2n) is 3.09. The summed E-state index contributed by atoms with van der Waals surface area (Å²) in [6.45, 7) is 22.8. The van der Waals surface area contributed by atoms with Gasteiger partial charge in [0.25, 0.3) is 0 Å². The Morgan fingerprint density at radius 1 is 0.429 bits per heavy atom. The predicted molar refractivity (Wildman–Crippen MR) is 66.0 cm³/mol. The fraction of sp³-hybridized carbons (Fsp3) is 0.143. The van der Waals surface area contributed by atoms with E-state index in [0.29, 0.717) is 0 Å². The Bertz CT molecular complexity index is 205. The first-order valence-corrected chi connectivity index (χ1v) is 4.43. The van der Waals surface area contributed by atoms with Crippen molar-refractivity contribution in [3.05, 3.63) is 75.9 Å². The first-order valence-electron chi connectivity index (χ1n) is 4.43. The molecule has 0 amide bonds. The summed E-state index contributed by atoms with van der Waals surface area (Å²) >= 11 is 0. The largest absolute Gasteiger partial charge is 0.102 e. The van der Waals surface area contributed by atoms with E-state index in [0.717, 1.165) is 0 Å². The second-order valence-corrected chi connectivity index (χ2v) is 3.09. The van der Waals surface area contributed by atoms with Crippen LogP contribution in [0.2, 0.25) is 0 Å². The highest BCUT2D eigenvalue weighted by atomic mass is 14.4. The predicted octanol–water partition coefficient (Wildman–Crippen LogP) is 4.08. The Balaban J connectivity index is 5.77. The minimum atomic E-state index is -0.474. The maximum absolute atomic E-state index is 3.80. The number of hydrogen-bond donors (Lipinski definition) is 0. The second kappa shape index (κ2) is 4.61. The number of hydrogen-bond acceptors (Lipinski definition) is 0. The molecule has 0 heterocycles. The molecule has 0 N–H and O–H groups in total. The maximum atomic E-state index is 3.80. The highest BCUT2D eigenvalue weighted by Crippen LogP contribution is 2.45. The Morgan fingerprint density at radius 3 is 0.643 bits per heavy atom. The van der Waals surface area contributed by atoms with Crippen LogP contribution in [0.3, 0.4) is 0 Å². The Morgan fingerprint density at radius 2 is 0.571 bits per heavy atom. The van der Waals surface area contributed by atoms with E-state index >= 15 is 0 Å². The van der Waals surface area contributed by atoms with Crippen LogP contribution in [0, 0.1) is 10.8 Å². The SMILES string of the molecule is C=CC(C=C)(C=C)C(C=C)(C=C)C=C. The average molecular weight is 186 g/mol. The van der Waals surface area contributed by atoms with Crippen molar-refractivity contribution < 1.29 is 0 Å². The molecule has 14 heavy (non-hydrogen) atoms. The summed E-state index contributed by atoms with van der Waals surface area (Å²) in [7, 11) is 0. The van der Waals surface area contributed by atoms with Crippen molar-refractivity contribution in [1.29, 1.82) is 0 Å². The van der Waals surface area contributed by atoms with Gasteiger partial charge in [-0.25, -0.2) is 0 Å². The van der Waals surface area contributed by atoms with Crippen LogP contribution in [0.1, 0.15) is 0 Å². The van der Waals surface area contributed by atoms with Gasteiger partial charge in [-0.15, -0.1) is 39.5 Å². The monoisotopic (exact) mass is 186 g/mol. The summed E-state index contributed by atoms with van der Waals surface area (Å²) in [5, 5.41) is 0. The summed E-state index contributed by atoms with van der Waals surface area (Å²) in [5.41, 5.74) is -0.948. The van der Waals surface area contributed by atoms with E-state index in [1.54, 1.807) is 36.5 Å². The molecule has 0 bridgehead atoms.